The van der Waals surface area contributed by atoms with Gasteiger partial charge >= 0.3 is 0 Å². The summed E-state index contributed by atoms with van der Waals surface area (Å²) in [6.07, 6.45) is 1.68. The molecule has 5 nitrogen and oxygen atoms in total. The van der Waals surface area contributed by atoms with Gasteiger partial charge in [-0.2, -0.15) is 0 Å². The van der Waals surface area contributed by atoms with Gasteiger partial charge in [-0.1, -0.05) is 18.8 Å². The molecule has 6 heteroatoms. The van der Waals surface area contributed by atoms with Gasteiger partial charge in [0, 0.05) is 17.5 Å². The Morgan fingerprint density at radius 2 is 2.08 bits per heavy atom. The van der Waals surface area contributed by atoms with Crippen LogP contribution in [0, 0.1) is 0 Å². The minimum atomic E-state index is -0.786. The monoisotopic (exact) mass is 362 g/mol. The highest BCUT2D eigenvalue weighted by molar-refractivity contribution is 7.80. The molecule has 1 aromatic rings. The van der Waals surface area contributed by atoms with E-state index in [4.69, 9.17) is 22.1 Å². The van der Waals surface area contributed by atoms with E-state index in [-0.39, 0.29) is 19.0 Å². The number of ether oxygens (including phenoxy) is 1. The van der Waals surface area contributed by atoms with E-state index in [1.165, 1.54) is 0 Å². The first kappa shape index (κ1) is 21.0. The predicted octanol–water partition coefficient (Wildman–Crippen LogP) is 3.91. The van der Waals surface area contributed by atoms with Gasteiger partial charge in [0.2, 0.25) is 0 Å². The summed E-state index contributed by atoms with van der Waals surface area (Å²) in [5.41, 5.74) is 1.35. The number of aliphatic imine (C=N–C) groups is 1. The van der Waals surface area contributed by atoms with E-state index < -0.39 is 5.54 Å². The number of hydrogen-bond acceptors (Lipinski definition) is 5. The zero-order valence-electron chi connectivity index (χ0n) is 15.5. The van der Waals surface area contributed by atoms with Crippen LogP contribution < -0.4 is 4.90 Å². The van der Waals surface area contributed by atoms with Crippen molar-refractivity contribution in [3.8, 4) is 0 Å². The molecule has 0 saturated carbocycles. The summed E-state index contributed by atoms with van der Waals surface area (Å²) in [4.78, 5) is 18.8. The second-order valence-corrected chi connectivity index (χ2v) is 6.64. The van der Waals surface area contributed by atoms with Crippen molar-refractivity contribution >= 4 is 46.3 Å². The molecule has 0 atom stereocenters. The summed E-state index contributed by atoms with van der Waals surface area (Å²) in [5.74, 6) is 0.406. The minimum Gasteiger partial charge on any atom is -0.491 e. The summed E-state index contributed by atoms with van der Waals surface area (Å²) in [5, 5.41) is 8.96. The van der Waals surface area contributed by atoms with Crippen molar-refractivity contribution in [3.05, 3.63) is 30.3 Å². The van der Waals surface area contributed by atoms with Gasteiger partial charge in [-0.15, -0.1) is 0 Å². The molecule has 0 bridgehead atoms. The van der Waals surface area contributed by atoms with Crippen LogP contribution >= 0.6 is 12.2 Å². The Kier molecular flexibility index (Phi) is 7.45. The number of carbonyl (C=O) groups is 1. The van der Waals surface area contributed by atoms with Crippen LogP contribution in [0.4, 0.5) is 11.4 Å². The molecule has 0 aliphatic carbocycles. The molecule has 0 saturated heterocycles. The van der Waals surface area contributed by atoms with Gasteiger partial charge in [0.15, 0.2) is 5.78 Å². The molecule has 0 aromatic heterocycles. The first-order valence-electron chi connectivity index (χ1n) is 8.04. The molecule has 0 amide bonds. The van der Waals surface area contributed by atoms with Crippen molar-refractivity contribution in [1.82, 2.24) is 0 Å². The number of ketones is 1. The lowest BCUT2D eigenvalue weighted by Crippen LogP contribution is -2.51. The molecular weight excluding hydrogens is 336 g/mol. The number of thiocarbonyl (C=S) groups is 1. The zero-order valence-corrected chi connectivity index (χ0v) is 16.3. The first-order valence-corrected chi connectivity index (χ1v) is 8.45. The molecule has 25 heavy (non-hydrogen) atoms. The molecule has 0 fully saturated rings. The molecule has 1 aromatic carbocycles. The van der Waals surface area contributed by atoms with E-state index in [0.717, 1.165) is 5.69 Å². The molecule has 1 rings (SSSR count). The maximum atomic E-state index is 12.1. The number of rotatable bonds is 8. The fourth-order valence-electron chi connectivity index (χ4n) is 2.44. The van der Waals surface area contributed by atoms with Crippen molar-refractivity contribution in [1.29, 1.82) is 0 Å². The van der Waals surface area contributed by atoms with Gasteiger partial charge in [-0.3, -0.25) is 9.79 Å². The van der Waals surface area contributed by atoms with Crippen molar-refractivity contribution in [2.75, 3.05) is 18.1 Å². The second kappa shape index (κ2) is 8.87. The number of hydrogen-bond donors (Lipinski definition) is 1. The van der Waals surface area contributed by atoms with Crippen LogP contribution in [0.1, 0.15) is 40.2 Å². The van der Waals surface area contributed by atoms with Crippen LogP contribution in [0.2, 0.25) is 0 Å². The average molecular weight is 362 g/mol. The van der Waals surface area contributed by atoms with Crippen molar-refractivity contribution < 1.29 is 14.6 Å². The normalized spacial score (nSPS) is 11.4. The second-order valence-electron chi connectivity index (χ2n) is 6.05. The standard InChI is InChI=1S/C19H26N2O3S/c1-7-20-18-9-8-16(12-17(18)13(2)24-11-10-22)21(15(4)25)19(5,6)14(3)23/h7-9,12,22H,2,10-11H2,1,3-6H3/b20-7-. The van der Waals surface area contributed by atoms with Crippen LogP contribution in [0.25, 0.3) is 5.76 Å². The number of aliphatic hydroxyl groups is 1. The van der Waals surface area contributed by atoms with Gasteiger partial charge < -0.3 is 14.7 Å². The van der Waals surface area contributed by atoms with Crippen molar-refractivity contribution in [2.24, 2.45) is 4.99 Å². The van der Waals surface area contributed by atoms with Gasteiger partial charge in [-0.05, 0) is 52.8 Å². The number of carbonyl (C=O) groups excluding carboxylic acids is 1. The third-order valence-electron chi connectivity index (χ3n) is 3.91. The average Bonchev–Trinajstić information content (AvgIpc) is 2.53. The van der Waals surface area contributed by atoms with Gasteiger partial charge in [-0.25, -0.2) is 0 Å². The van der Waals surface area contributed by atoms with Crippen molar-refractivity contribution in [3.63, 3.8) is 0 Å². The zero-order chi connectivity index (χ0) is 19.2. The fourth-order valence-corrected chi connectivity index (χ4v) is 2.77. The summed E-state index contributed by atoms with van der Waals surface area (Å²) in [6.45, 7) is 12.8. The summed E-state index contributed by atoms with van der Waals surface area (Å²) < 4.78 is 5.46. The Morgan fingerprint density at radius 1 is 1.44 bits per heavy atom. The maximum Gasteiger partial charge on any atom is 0.155 e. The molecule has 0 heterocycles. The third kappa shape index (κ3) is 4.96. The summed E-state index contributed by atoms with van der Waals surface area (Å²) in [6, 6.07) is 5.55. The molecular formula is C19H26N2O3S. The van der Waals surface area contributed by atoms with Crippen LogP contribution in [-0.2, 0) is 9.53 Å². The van der Waals surface area contributed by atoms with Crippen LogP contribution in [0.3, 0.4) is 0 Å². The molecule has 0 radical (unpaired) electrons. The Balaban J connectivity index is 3.47. The van der Waals surface area contributed by atoms with E-state index >= 15 is 0 Å². The van der Waals surface area contributed by atoms with Crippen LogP contribution in [0.5, 0.6) is 0 Å². The number of benzene rings is 1. The topological polar surface area (TPSA) is 62.1 Å². The summed E-state index contributed by atoms with van der Waals surface area (Å²) >= 11 is 5.39. The van der Waals surface area contributed by atoms with E-state index in [2.05, 4.69) is 11.6 Å². The number of aliphatic hydroxyl groups excluding tert-OH is 1. The Morgan fingerprint density at radius 3 is 2.56 bits per heavy atom. The number of anilines is 1. The minimum absolute atomic E-state index is 0.00395. The van der Waals surface area contributed by atoms with Gasteiger partial charge in [0.1, 0.15) is 12.4 Å². The fraction of sp³-hybridized carbons (Fsp3) is 0.421. The van der Waals surface area contributed by atoms with E-state index in [1.807, 2.05) is 43.9 Å². The molecule has 0 aliphatic heterocycles. The lowest BCUT2D eigenvalue weighted by Gasteiger charge is -2.38. The molecule has 0 unspecified atom stereocenters. The Hall–Kier alpha value is -2.05. The summed E-state index contributed by atoms with van der Waals surface area (Å²) in [7, 11) is 0. The number of Topliss-reactive ketones (excluding diaryl/α,β-unsaturated/α-hetero) is 1. The third-order valence-corrected chi connectivity index (χ3v) is 4.09. The maximum absolute atomic E-state index is 12.1. The van der Waals surface area contributed by atoms with Crippen LogP contribution in [-0.4, -0.2) is 40.8 Å². The lowest BCUT2D eigenvalue weighted by molar-refractivity contribution is -0.120. The number of nitrogens with zero attached hydrogens (tertiary/aromatic N) is 2. The smallest absolute Gasteiger partial charge is 0.155 e. The first-order chi connectivity index (χ1) is 11.7. The Labute approximate surface area is 155 Å². The molecule has 136 valence electrons. The lowest BCUT2D eigenvalue weighted by atomic mass is 9.96. The quantitative estimate of drug-likeness (QED) is 0.432. The van der Waals surface area contributed by atoms with E-state index in [1.54, 1.807) is 20.1 Å². The molecule has 0 aliphatic rings. The van der Waals surface area contributed by atoms with E-state index in [9.17, 15) is 4.79 Å². The van der Waals surface area contributed by atoms with E-state index in [0.29, 0.717) is 22.0 Å². The predicted molar refractivity (Wildman–Crippen MR) is 108 cm³/mol. The van der Waals surface area contributed by atoms with Crippen LogP contribution in [0.15, 0.2) is 29.8 Å². The van der Waals surface area contributed by atoms with Gasteiger partial charge in [0.05, 0.1) is 22.8 Å². The highest BCUT2D eigenvalue weighted by Crippen LogP contribution is 2.34. The Bertz CT molecular complexity index is 696. The largest absolute Gasteiger partial charge is 0.491 e. The SMILES string of the molecule is C=C(OCCO)c1cc(N(C(C)=S)C(C)(C)C(C)=O)ccc1/N=C\C. The highest BCUT2D eigenvalue weighted by atomic mass is 32.1. The van der Waals surface area contributed by atoms with Crippen molar-refractivity contribution in [2.45, 2.75) is 40.2 Å². The van der Waals surface area contributed by atoms with Gasteiger partial charge in [0.25, 0.3) is 0 Å². The highest BCUT2D eigenvalue weighted by Gasteiger charge is 2.33. The molecule has 0 spiro atoms. The molecule has 1 N–H and O–H groups in total.